The maximum absolute atomic E-state index is 13.4. The zero-order chi connectivity index (χ0) is 53.8. The Morgan fingerprint density at radius 3 is 1.12 bits per heavy atom. The molecular weight excluding hydrogens is 1120 g/mol. The summed E-state index contributed by atoms with van der Waals surface area (Å²) >= 11 is 4.96. The molecule has 0 atom stereocenters. The molecule has 0 saturated carbocycles. The first-order valence-corrected chi connectivity index (χ1v) is 20.6. The van der Waals surface area contributed by atoms with Gasteiger partial charge in [0, 0.05) is 115 Å². The van der Waals surface area contributed by atoms with Crippen molar-refractivity contribution in [1.82, 2.24) is 28.7 Å². The number of hydrogen-bond donors (Lipinski definition) is 3. The zero-order valence-corrected chi connectivity index (χ0v) is 49.7. The molecule has 4 aromatic carbocycles. The van der Waals surface area contributed by atoms with Crippen LogP contribution in [0.4, 0.5) is 26.3 Å². The minimum atomic E-state index is -0.771. The van der Waals surface area contributed by atoms with Crippen molar-refractivity contribution in [1.29, 1.82) is 0 Å². The summed E-state index contributed by atoms with van der Waals surface area (Å²) in [4.78, 5) is 23.0. The van der Waals surface area contributed by atoms with Crippen LogP contribution in [-0.2, 0) is 64.9 Å². The summed E-state index contributed by atoms with van der Waals surface area (Å²) in [5, 5.41) is 34.7. The van der Waals surface area contributed by atoms with Crippen LogP contribution in [0.15, 0.2) is 110 Å². The molecule has 412 valence electrons. The number of aryl methyl sites for hydroxylation is 3. The summed E-state index contributed by atoms with van der Waals surface area (Å²) in [7, 11) is 10.0. The molecule has 3 aromatic heterocycles. The first kappa shape index (κ1) is 78.5. The number of ether oxygens (including phenoxy) is 7. The number of aromatic nitrogens is 6. The number of halogens is 8. The molecule has 29 heteroatoms. The van der Waals surface area contributed by atoms with Crippen molar-refractivity contribution in [2.75, 3.05) is 41.0 Å². The van der Waals surface area contributed by atoms with Crippen molar-refractivity contribution in [3.05, 3.63) is 162 Å². The van der Waals surface area contributed by atoms with Crippen LogP contribution >= 0.6 is 24.0 Å². The molecule has 0 fully saturated rings. The third kappa shape index (κ3) is 36.2. The van der Waals surface area contributed by atoms with E-state index in [2.05, 4.69) is 29.3 Å². The SMILES string of the molecule is C.COCCl.COCOc1cc(F)cc(F)c1.COCOc1cc(F)cc(OCc2cncn2C)c1.Cl.Cn1cncc1CO.Cn1cncc1COc1cc(O)cc(F)c1.O=CO[O-].Oc1cc(F)cc(F)c1.[H-].[K+].[K+]. The van der Waals surface area contributed by atoms with Crippen molar-refractivity contribution in [3.63, 3.8) is 0 Å². The zero-order valence-electron chi connectivity index (χ0n) is 42.9. The third-order valence-corrected chi connectivity index (χ3v) is 8.12. The Morgan fingerprint density at radius 2 is 0.842 bits per heavy atom. The Bertz CT molecular complexity index is 2510. The second kappa shape index (κ2) is 47.1. The molecule has 0 radical (unpaired) electrons. The van der Waals surface area contributed by atoms with Gasteiger partial charge in [-0.05, 0) is 0 Å². The number of phenols is 2. The number of rotatable bonds is 15. The minimum Gasteiger partial charge on any atom is -1.00 e. The van der Waals surface area contributed by atoms with Gasteiger partial charge in [-0.1, -0.05) is 19.0 Å². The molecule has 0 aliphatic heterocycles. The average molecular weight is 1180 g/mol. The van der Waals surface area contributed by atoms with Gasteiger partial charge >= 0.3 is 103 Å². The van der Waals surface area contributed by atoms with Gasteiger partial charge in [-0.25, -0.2) is 41.3 Å². The summed E-state index contributed by atoms with van der Waals surface area (Å²) in [6, 6.07) is 13.4. The Hall–Kier alpha value is -3.99. The standard InChI is InChI=1S/C13H15FN2O3.C11H11FN2O2.C8H8F2O2.C6H4F2O.C5H8N2O.C2H5ClO.CH2O3.CH4.ClH.2K.H/c1-16-8-15-6-11(16)7-18-12-3-10(14)4-13(5-12)19-9-17-2;1-14-7-13-5-9(14)6-16-11-3-8(12)2-10(15)4-11;1-11-5-12-8-3-6(9)2-7(10)4-8;7-4-1-5(8)3-6(9)2-4;1-7-4-6-2-5(7)3-8;1-4-2-3;2-1-4-3;;;;;/h3-6,8H,7,9H2,1-2H3;2-5,7,15H,6H2,1H3;2-4H,5H2,1H3;1-3,9H;2,4,8H,3H2,1H3;2H2,1H3;1,3H;1H4;1H;;;/q;;;;;;;;;2*+1;-1/p-1. The van der Waals surface area contributed by atoms with Gasteiger partial charge < -0.3 is 73.8 Å². The van der Waals surface area contributed by atoms with E-state index in [1.165, 1.54) is 38.5 Å². The monoisotopic (exact) mass is 1180 g/mol. The predicted octanol–water partition coefficient (Wildman–Crippen LogP) is 1.94. The van der Waals surface area contributed by atoms with Gasteiger partial charge in [-0.15, -0.1) is 12.4 Å². The van der Waals surface area contributed by atoms with Gasteiger partial charge in [-0.2, -0.15) is 0 Å². The Labute approximate surface area is 533 Å². The third-order valence-electron chi connectivity index (χ3n) is 7.90. The maximum atomic E-state index is 13.4. The summed E-state index contributed by atoms with van der Waals surface area (Å²) in [6.45, 7) is 0.507. The summed E-state index contributed by atoms with van der Waals surface area (Å²) in [5.74, 6) is -3.20. The molecule has 76 heavy (non-hydrogen) atoms. The smallest absolute Gasteiger partial charge is 1.00 e. The molecule has 3 heterocycles. The fourth-order valence-electron chi connectivity index (χ4n) is 4.64. The number of hydrogen-bond acceptors (Lipinski definition) is 16. The molecule has 0 aliphatic carbocycles. The largest absolute Gasteiger partial charge is 1.00 e. The second-order valence-corrected chi connectivity index (χ2v) is 13.6. The minimum absolute atomic E-state index is 0. The second-order valence-electron chi connectivity index (χ2n) is 13.4. The number of alkyl halides is 1. The fourth-order valence-corrected chi connectivity index (χ4v) is 4.64. The number of phenolic OH excluding ortho intramolecular Hbond substituents is 2. The van der Waals surface area contributed by atoms with Gasteiger partial charge in [-0.3, -0.25) is 4.79 Å². The Kier molecular flexibility index (Phi) is 48.6. The molecule has 0 spiro atoms. The van der Waals surface area contributed by atoms with Gasteiger partial charge in [0.15, 0.2) is 13.6 Å². The maximum Gasteiger partial charge on any atom is 1.00 e. The van der Waals surface area contributed by atoms with Crippen LogP contribution < -0.4 is 127 Å². The van der Waals surface area contributed by atoms with Crippen LogP contribution in [0.3, 0.4) is 0 Å². The molecular formula is C47H58Cl2F6K2N6O13. The predicted molar refractivity (Wildman–Crippen MR) is 258 cm³/mol. The van der Waals surface area contributed by atoms with Gasteiger partial charge in [0.2, 0.25) is 0 Å². The number of aliphatic hydroxyl groups is 1. The van der Waals surface area contributed by atoms with E-state index in [1.54, 1.807) is 59.9 Å². The van der Waals surface area contributed by atoms with Crippen molar-refractivity contribution in [2.24, 2.45) is 21.1 Å². The first-order valence-electron chi connectivity index (χ1n) is 20.1. The van der Waals surface area contributed by atoms with Crippen molar-refractivity contribution in [3.8, 4) is 34.5 Å². The number of nitrogens with zero attached hydrogens (tertiary/aromatic N) is 6. The molecule has 0 amide bonds. The van der Waals surface area contributed by atoms with Crippen LogP contribution in [-0.4, -0.2) is 91.4 Å². The van der Waals surface area contributed by atoms with E-state index < -0.39 is 40.7 Å². The molecule has 0 unspecified atom stereocenters. The van der Waals surface area contributed by atoms with E-state index in [4.69, 9.17) is 60.7 Å². The molecule has 3 N–H and O–H groups in total. The Morgan fingerprint density at radius 1 is 0.553 bits per heavy atom. The fraction of sp³-hybridized carbons (Fsp3) is 0.277. The number of methoxy groups -OCH3 is 3. The normalized spacial score (nSPS) is 9.20. The van der Waals surface area contributed by atoms with E-state index in [0.717, 1.165) is 53.5 Å². The van der Waals surface area contributed by atoms with Gasteiger partial charge in [0.25, 0.3) is 6.47 Å². The van der Waals surface area contributed by atoms with Gasteiger partial charge in [0.05, 0.1) is 61.3 Å². The summed E-state index contributed by atoms with van der Waals surface area (Å²) < 4.78 is 115. The molecule has 7 rings (SSSR count). The van der Waals surface area contributed by atoms with E-state index in [9.17, 15) is 26.3 Å². The van der Waals surface area contributed by atoms with E-state index in [1.807, 2.05) is 25.7 Å². The molecule has 19 nitrogen and oxygen atoms in total. The summed E-state index contributed by atoms with van der Waals surface area (Å²) in [5.41, 5.74) is 2.59. The van der Waals surface area contributed by atoms with E-state index >= 15 is 0 Å². The number of carbonyl (C=O) groups excluding carboxylic acids is 1. The molecule has 0 bridgehead atoms. The van der Waals surface area contributed by atoms with Gasteiger partial charge in [0.1, 0.15) is 88.7 Å². The number of imidazole rings is 3. The van der Waals surface area contributed by atoms with Crippen molar-refractivity contribution >= 4 is 30.5 Å². The molecule has 7 aromatic rings. The van der Waals surface area contributed by atoms with Crippen LogP contribution in [0.1, 0.15) is 25.9 Å². The van der Waals surface area contributed by atoms with Crippen molar-refractivity contribution in [2.45, 2.75) is 27.2 Å². The van der Waals surface area contributed by atoms with E-state index in [-0.39, 0.29) is 169 Å². The number of carbonyl (C=O) groups is 1. The van der Waals surface area contributed by atoms with Crippen molar-refractivity contribution < 1.29 is 194 Å². The topological polar surface area (TPSA) is 228 Å². The van der Waals surface area contributed by atoms with Crippen LogP contribution in [0, 0.1) is 34.9 Å². The summed E-state index contributed by atoms with van der Waals surface area (Å²) in [6.07, 6.45) is 9.99. The number of aliphatic hydroxyl groups excluding tert-OH is 1. The average Bonchev–Trinajstić information content (AvgIpc) is 4.08. The number of benzene rings is 4. The first-order chi connectivity index (χ1) is 34.4. The Balaban J connectivity index is -0.000000273. The van der Waals surface area contributed by atoms with E-state index in [0.29, 0.717) is 36.0 Å². The number of aromatic hydroxyl groups is 2. The quantitative estimate of drug-likeness (QED) is 0.0254. The van der Waals surface area contributed by atoms with Crippen LogP contribution in [0.2, 0.25) is 0 Å². The molecule has 0 aliphatic rings. The van der Waals surface area contributed by atoms with Crippen LogP contribution in [0.25, 0.3) is 0 Å². The van der Waals surface area contributed by atoms with Crippen LogP contribution in [0.5, 0.6) is 34.5 Å². The molecule has 0 saturated heterocycles.